The van der Waals surface area contributed by atoms with Crippen molar-refractivity contribution < 1.29 is 13.2 Å². The molecule has 0 saturated carbocycles. The van der Waals surface area contributed by atoms with E-state index in [4.69, 9.17) is 0 Å². The lowest BCUT2D eigenvalue weighted by Gasteiger charge is -2.22. The Bertz CT molecular complexity index is 1450. The van der Waals surface area contributed by atoms with Gasteiger partial charge in [0.15, 0.2) is 0 Å². The summed E-state index contributed by atoms with van der Waals surface area (Å²) in [5.74, 6) is -0.103. The number of rotatable bonds is 4. The van der Waals surface area contributed by atoms with Crippen molar-refractivity contribution in [2.75, 3.05) is 21.9 Å². The maximum atomic E-state index is 12.8. The third-order valence-corrected chi connectivity index (χ3v) is 7.79. The van der Waals surface area contributed by atoms with Crippen LogP contribution in [-0.2, 0) is 10.0 Å². The van der Waals surface area contributed by atoms with Gasteiger partial charge in [-0.1, -0.05) is 18.6 Å². The normalized spacial score (nSPS) is 15.6. The van der Waals surface area contributed by atoms with Gasteiger partial charge in [0, 0.05) is 41.1 Å². The van der Waals surface area contributed by atoms with Crippen LogP contribution in [0.1, 0.15) is 29.6 Å². The molecule has 0 unspecified atom stereocenters. The maximum Gasteiger partial charge on any atom is 0.255 e. The first-order valence-corrected chi connectivity index (χ1v) is 12.8. The molecule has 1 aliphatic heterocycles. The van der Waals surface area contributed by atoms with Gasteiger partial charge in [0.1, 0.15) is 0 Å². The van der Waals surface area contributed by atoms with Gasteiger partial charge in [0.05, 0.1) is 22.7 Å². The second kappa shape index (κ2) is 9.23. The first kappa shape index (κ1) is 22.0. The fourth-order valence-electron chi connectivity index (χ4n) is 4.12. The molecule has 1 saturated heterocycles. The van der Waals surface area contributed by atoms with Gasteiger partial charge >= 0.3 is 0 Å². The highest BCUT2D eigenvalue weighted by molar-refractivity contribution is 7.92. The number of anilines is 2. The van der Waals surface area contributed by atoms with Crippen molar-refractivity contribution in [3.8, 4) is 11.3 Å². The zero-order chi connectivity index (χ0) is 23.5. The van der Waals surface area contributed by atoms with E-state index in [0.717, 1.165) is 35.0 Å². The molecule has 172 valence electrons. The topological polar surface area (TPSA) is 92.3 Å². The zero-order valence-electron chi connectivity index (χ0n) is 18.5. The molecular weight excluding hydrogens is 448 g/mol. The van der Waals surface area contributed by atoms with Gasteiger partial charge in [0.2, 0.25) is 10.0 Å². The largest absolute Gasteiger partial charge is 0.322 e. The Labute approximate surface area is 198 Å². The number of hydrogen-bond donors (Lipinski definition) is 1. The molecule has 1 fully saturated rings. The molecular formula is C26H24N4O3S. The molecule has 4 aromatic rings. The maximum absolute atomic E-state index is 12.8. The van der Waals surface area contributed by atoms with Crippen LogP contribution in [0.2, 0.25) is 0 Å². The number of benzene rings is 2. The molecule has 0 radical (unpaired) electrons. The van der Waals surface area contributed by atoms with Crippen LogP contribution in [0.3, 0.4) is 0 Å². The average Bonchev–Trinajstić information content (AvgIpc) is 3.04. The number of nitrogens with one attached hydrogen (secondary N) is 1. The van der Waals surface area contributed by atoms with E-state index in [9.17, 15) is 13.2 Å². The van der Waals surface area contributed by atoms with Crippen molar-refractivity contribution in [2.24, 2.45) is 0 Å². The molecule has 0 bridgehead atoms. The fraction of sp³-hybridized carbons (Fsp3) is 0.192. The predicted molar refractivity (Wildman–Crippen MR) is 134 cm³/mol. The van der Waals surface area contributed by atoms with Crippen LogP contribution < -0.4 is 9.62 Å². The minimum absolute atomic E-state index is 0.161. The minimum atomic E-state index is -3.32. The van der Waals surface area contributed by atoms with Crippen LogP contribution in [0, 0.1) is 0 Å². The summed E-state index contributed by atoms with van der Waals surface area (Å²) >= 11 is 0. The molecule has 1 amide bonds. The van der Waals surface area contributed by atoms with Crippen molar-refractivity contribution in [1.29, 1.82) is 0 Å². The summed E-state index contributed by atoms with van der Waals surface area (Å²) in [6, 6.07) is 20.0. The van der Waals surface area contributed by atoms with Crippen LogP contribution in [0.25, 0.3) is 22.2 Å². The molecule has 0 atom stereocenters. The summed E-state index contributed by atoms with van der Waals surface area (Å²) < 4.78 is 26.5. The second-order valence-corrected chi connectivity index (χ2v) is 10.3. The Morgan fingerprint density at radius 1 is 0.941 bits per heavy atom. The third kappa shape index (κ3) is 4.63. The fourth-order valence-corrected chi connectivity index (χ4v) is 5.76. The predicted octanol–water partition coefficient (Wildman–Crippen LogP) is 4.87. The number of hydrogen-bond acceptors (Lipinski definition) is 5. The molecule has 3 heterocycles. The molecule has 0 aliphatic carbocycles. The molecule has 0 spiro atoms. The summed E-state index contributed by atoms with van der Waals surface area (Å²) in [4.78, 5) is 21.6. The quantitative estimate of drug-likeness (QED) is 0.458. The molecule has 5 rings (SSSR count). The van der Waals surface area contributed by atoms with Gasteiger partial charge in [-0.05, 0) is 67.4 Å². The van der Waals surface area contributed by atoms with Crippen molar-refractivity contribution in [1.82, 2.24) is 9.97 Å². The Kier molecular flexibility index (Phi) is 5.98. The van der Waals surface area contributed by atoms with E-state index in [1.807, 2.05) is 42.5 Å². The van der Waals surface area contributed by atoms with Crippen molar-refractivity contribution >= 4 is 38.2 Å². The number of pyridine rings is 2. The SMILES string of the molecule is O=C(Nc1cccc(-c2ccc3cnccc3n2)c1)c1ccc(N2CCCCCS2(=O)=O)cc1. The van der Waals surface area contributed by atoms with E-state index in [2.05, 4.69) is 15.3 Å². The summed E-state index contributed by atoms with van der Waals surface area (Å²) in [6.45, 7) is 0.472. The van der Waals surface area contributed by atoms with E-state index in [1.165, 1.54) is 4.31 Å². The molecule has 34 heavy (non-hydrogen) atoms. The molecule has 8 heteroatoms. The van der Waals surface area contributed by atoms with Gasteiger partial charge in [-0.25, -0.2) is 13.4 Å². The third-order valence-electron chi connectivity index (χ3n) is 5.92. The van der Waals surface area contributed by atoms with Crippen molar-refractivity contribution in [3.05, 3.63) is 84.7 Å². The highest BCUT2D eigenvalue weighted by Crippen LogP contribution is 2.25. The highest BCUT2D eigenvalue weighted by Gasteiger charge is 2.24. The Hall–Kier alpha value is -3.78. The number of aromatic nitrogens is 2. The van der Waals surface area contributed by atoms with Gasteiger partial charge in [-0.2, -0.15) is 0 Å². The lowest BCUT2D eigenvalue weighted by molar-refractivity contribution is 0.102. The standard InChI is InChI=1S/C26H24N4O3S/c31-26(19-7-10-23(11-8-19)30-15-2-1-3-16-34(30,32)33)28-22-6-4-5-20(17-22)24-12-9-21-18-27-14-13-25(21)29-24/h4-14,17-18H,1-3,15-16H2,(H,28,31). The zero-order valence-corrected chi connectivity index (χ0v) is 19.3. The molecule has 1 N–H and O–H groups in total. The summed E-state index contributed by atoms with van der Waals surface area (Å²) in [5.41, 5.74) is 4.25. The first-order chi connectivity index (χ1) is 16.5. The van der Waals surface area contributed by atoms with Crippen LogP contribution in [-0.4, -0.2) is 36.6 Å². The Morgan fingerprint density at radius 2 is 1.79 bits per heavy atom. The van der Waals surface area contributed by atoms with E-state index in [-0.39, 0.29) is 11.7 Å². The lowest BCUT2D eigenvalue weighted by Crippen LogP contribution is -2.32. The average molecular weight is 473 g/mol. The van der Waals surface area contributed by atoms with Crippen LogP contribution in [0.5, 0.6) is 0 Å². The number of fused-ring (bicyclic) bond motifs is 1. The summed E-state index contributed by atoms with van der Waals surface area (Å²) in [6.07, 6.45) is 5.91. The number of carbonyl (C=O) groups is 1. The Morgan fingerprint density at radius 3 is 2.65 bits per heavy atom. The smallest absolute Gasteiger partial charge is 0.255 e. The van der Waals surface area contributed by atoms with Crippen LogP contribution in [0.15, 0.2) is 79.1 Å². The highest BCUT2D eigenvalue weighted by atomic mass is 32.2. The monoisotopic (exact) mass is 472 g/mol. The summed E-state index contributed by atoms with van der Waals surface area (Å²) in [7, 11) is -3.32. The van der Waals surface area contributed by atoms with E-state index in [1.54, 1.807) is 36.7 Å². The number of sulfonamides is 1. The van der Waals surface area contributed by atoms with E-state index in [0.29, 0.717) is 29.9 Å². The summed E-state index contributed by atoms with van der Waals surface area (Å²) in [5, 5.41) is 3.89. The van der Waals surface area contributed by atoms with Crippen LogP contribution >= 0.6 is 0 Å². The second-order valence-electron chi connectivity index (χ2n) is 8.30. The van der Waals surface area contributed by atoms with Crippen molar-refractivity contribution in [2.45, 2.75) is 19.3 Å². The van der Waals surface area contributed by atoms with Gasteiger partial charge < -0.3 is 5.32 Å². The number of nitrogens with zero attached hydrogens (tertiary/aromatic N) is 3. The van der Waals surface area contributed by atoms with E-state index >= 15 is 0 Å². The van der Waals surface area contributed by atoms with Crippen LogP contribution in [0.4, 0.5) is 11.4 Å². The Balaban J connectivity index is 1.33. The van der Waals surface area contributed by atoms with Gasteiger partial charge in [0.25, 0.3) is 5.91 Å². The molecule has 7 nitrogen and oxygen atoms in total. The molecule has 1 aliphatic rings. The van der Waals surface area contributed by atoms with Gasteiger partial charge in [-0.3, -0.25) is 14.1 Å². The van der Waals surface area contributed by atoms with E-state index < -0.39 is 10.0 Å². The number of amides is 1. The number of carbonyl (C=O) groups excluding carboxylic acids is 1. The molecule has 2 aromatic heterocycles. The lowest BCUT2D eigenvalue weighted by atomic mass is 10.1. The first-order valence-electron chi connectivity index (χ1n) is 11.2. The minimum Gasteiger partial charge on any atom is -0.322 e. The van der Waals surface area contributed by atoms with Gasteiger partial charge in [-0.15, -0.1) is 0 Å². The van der Waals surface area contributed by atoms with Crippen molar-refractivity contribution in [3.63, 3.8) is 0 Å². The molecule has 2 aromatic carbocycles.